The van der Waals surface area contributed by atoms with E-state index in [0.717, 1.165) is 21.3 Å². The lowest BCUT2D eigenvalue weighted by Gasteiger charge is -2.20. The van der Waals surface area contributed by atoms with Crippen LogP contribution in [0.2, 0.25) is 5.02 Å². The molecule has 1 unspecified atom stereocenters. The lowest BCUT2D eigenvalue weighted by atomic mass is 9.98. The maximum atomic E-state index is 6.11. The maximum absolute atomic E-state index is 6.11. The van der Waals surface area contributed by atoms with E-state index in [1.54, 1.807) is 0 Å². The van der Waals surface area contributed by atoms with E-state index < -0.39 is 0 Å². The first-order valence-electron chi connectivity index (χ1n) is 6.29. The van der Waals surface area contributed by atoms with Gasteiger partial charge in [0.25, 0.3) is 0 Å². The van der Waals surface area contributed by atoms with E-state index in [9.17, 15) is 0 Å². The molecule has 2 aromatic rings. The van der Waals surface area contributed by atoms with Crippen LogP contribution < -0.4 is 16.0 Å². The second-order valence-corrected chi connectivity index (χ2v) is 5.63. The van der Waals surface area contributed by atoms with Gasteiger partial charge in [0, 0.05) is 15.1 Å². The van der Waals surface area contributed by atoms with Crippen LogP contribution in [0.5, 0.6) is 5.75 Å². The van der Waals surface area contributed by atoms with Crippen molar-refractivity contribution in [3.8, 4) is 5.75 Å². The Balaban J connectivity index is 2.46. The highest BCUT2D eigenvalue weighted by Crippen LogP contribution is 2.32. The molecule has 2 rings (SSSR count). The second-order valence-electron chi connectivity index (χ2n) is 4.27. The molecule has 0 aromatic heterocycles. The molecule has 5 heteroatoms. The van der Waals surface area contributed by atoms with Crippen LogP contribution in [0, 0.1) is 0 Å². The summed E-state index contributed by atoms with van der Waals surface area (Å²) >= 11 is 9.56. The van der Waals surface area contributed by atoms with Crippen molar-refractivity contribution in [2.45, 2.75) is 13.0 Å². The van der Waals surface area contributed by atoms with Crippen molar-refractivity contribution in [3.05, 3.63) is 63.1 Å². The van der Waals surface area contributed by atoms with Crippen molar-refractivity contribution in [1.29, 1.82) is 0 Å². The fourth-order valence-electron chi connectivity index (χ4n) is 2.11. The molecule has 0 saturated heterocycles. The fraction of sp³-hybridized carbons (Fsp3) is 0.200. The molecule has 3 nitrogen and oxygen atoms in total. The standard InChI is InChI=1S/C15H16BrClN2O/c1-2-20-14-6-4-3-5-13(14)15(19-18)10-7-11(16)9-12(17)8-10/h3-9,15,19H,2,18H2,1H3. The number of nitrogens with two attached hydrogens (primary N) is 1. The van der Waals surface area contributed by atoms with Gasteiger partial charge in [0.15, 0.2) is 0 Å². The molecule has 0 amide bonds. The molecule has 0 aliphatic carbocycles. The molecule has 3 N–H and O–H groups in total. The monoisotopic (exact) mass is 354 g/mol. The molecule has 0 spiro atoms. The smallest absolute Gasteiger partial charge is 0.124 e. The highest BCUT2D eigenvalue weighted by molar-refractivity contribution is 9.10. The zero-order chi connectivity index (χ0) is 14.5. The zero-order valence-corrected chi connectivity index (χ0v) is 13.4. The molecule has 0 fully saturated rings. The Morgan fingerprint density at radius 3 is 2.70 bits per heavy atom. The highest BCUT2D eigenvalue weighted by Gasteiger charge is 2.17. The van der Waals surface area contributed by atoms with Gasteiger partial charge in [-0.05, 0) is 36.8 Å². The number of ether oxygens (including phenoxy) is 1. The van der Waals surface area contributed by atoms with E-state index in [-0.39, 0.29) is 6.04 Å². The lowest BCUT2D eigenvalue weighted by Crippen LogP contribution is -2.29. The van der Waals surface area contributed by atoms with Crippen molar-refractivity contribution in [2.75, 3.05) is 6.61 Å². The molecule has 0 saturated carbocycles. The van der Waals surface area contributed by atoms with Gasteiger partial charge in [-0.25, -0.2) is 5.43 Å². The summed E-state index contributed by atoms with van der Waals surface area (Å²) in [5.74, 6) is 6.55. The molecule has 106 valence electrons. The van der Waals surface area contributed by atoms with Gasteiger partial charge in [-0.2, -0.15) is 0 Å². The van der Waals surface area contributed by atoms with Gasteiger partial charge in [0.1, 0.15) is 5.75 Å². The van der Waals surface area contributed by atoms with Gasteiger partial charge >= 0.3 is 0 Å². The van der Waals surface area contributed by atoms with Gasteiger partial charge in [0.2, 0.25) is 0 Å². The van der Waals surface area contributed by atoms with Crippen molar-refractivity contribution >= 4 is 27.5 Å². The van der Waals surface area contributed by atoms with Crippen LogP contribution in [-0.2, 0) is 0 Å². The number of rotatable bonds is 5. The van der Waals surface area contributed by atoms with Crippen molar-refractivity contribution < 1.29 is 4.74 Å². The molecule has 0 aliphatic rings. The van der Waals surface area contributed by atoms with E-state index in [1.165, 1.54) is 0 Å². The quantitative estimate of drug-likeness (QED) is 0.628. The second kappa shape index (κ2) is 7.09. The average molecular weight is 356 g/mol. The third-order valence-electron chi connectivity index (χ3n) is 2.91. The van der Waals surface area contributed by atoms with E-state index in [0.29, 0.717) is 11.6 Å². The Hall–Kier alpha value is -1.07. The van der Waals surface area contributed by atoms with Crippen LogP contribution in [0.1, 0.15) is 24.1 Å². The van der Waals surface area contributed by atoms with Gasteiger partial charge < -0.3 is 4.74 Å². The van der Waals surface area contributed by atoms with Crippen LogP contribution in [0.25, 0.3) is 0 Å². The van der Waals surface area contributed by atoms with E-state index >= 15 is 0 Å². The zero-order valence-electron chi connectivity index (χ0n) is 11.1. The largest absolute Gasteiger partial charge is 0.494 e. The van der Waals surface area contributed by atoms with Crippen molar-refractivity contribution in [1.82, 2.24) is 5.43 Å². The SMILES string of the molecule is CCOc1ccccc1C(NN)c1cc(Cl)cc(Br)c1. The molecular formula is C15H16BrClN2O. The summed E-state index contributed by atoms with van der Waals surface area (Å²) in [7, 11) is 0. The van der Waals surface area contributed by atoms with Crippen molar-refractivity contribution in [2.24, 2.45) is 5.84 Å². The van der Waals surface area contributed by atoms with Crippen LogP contribution >= 0.6 is 27.5 Å². The van der Waals surface area contributed by atoms with E-state index in [1.807, 2.05) is 49.4 Å². The number of hydrazine groups is 1. The van der Waals surface area contributed by atoms with Crippen molar-refractivity contribution in [3.63, 3.8) is 0 Å². The van der Waals surface area contributed by atoms with Gasteiger partial charge in [-0.1, -0.05) is 45.7 Å². The predicted molar refractivity (Wildman–Crippen MR) is 85.9 cm³/mol. The Morgan fingerprint density at radius 2 is 2.05 bits per heavy atom. The Morgan fingerprint density at radius 1 is 1.30 bits per heavy atom. The van der Waals surface area contributed by atoms with Gasteiger partial charge in [-0.3, -0.25) is 5.84 Å². The molecule has 2 aromatic carbocycles. The molecule has 0 radical (unpaired) electrons. The number of hydrogen-bond donors (Lipinski definition) is 2. The first-order chi connectivity index (χ1) is 9.65. The summed E-state index contributed by atoms with van der Waals surface area (Å²) in [6.07, 6.45) is 0. The number of para-hydroxylation sites is 1. The number of nitrogens with one attached hydrogen (secondary N) is 1. The molecule has 1 atom stereocenters. The third-order valence-corrected chi connectivity index (χ3v) is 3.59. The maximum Gasteiger partial charge on any atom is 0.124 e. The fourth-order valence-corrected chi connectivity index (χ4v) is 3.00. The minimum absolute atomic E-state index is 0.187. The summed E-state index contributed by atoms with van der Waals surface area (Å²) in [5.41, 5.74) is 4.78. The highest BCUT2D eigenvalue weighted by atomic mass is 79.9. The average Bonchev–Trinajstić information content (AvgIpc) is 2.41. The topological polar surface area (TPSA) is 47.3 Å². The van der Waals surface area contributed by atoms with Crippen LogP contribution in [0.4, 0.5) is 0 Å². The van der Waals surface area contributed by atoms with Gasteiger partial charge in [-0.15, -0.1) is 0 Å². The minimum Gasteiger partial charge on any atom is -0.494 e. The summed E-state index contributed by atoms with van der Waals surface area (Å²) in [4.78, 5) is 0. The molecular weight excluding hydrogens is 340 g/mol. The Labute approximate surface area is 132 Å². The van der Waals surface area contributed by atoms with Crippen LogP contribution in [-0.4, -0.2) is 6.61 Å². The first kappa shape index (κ1) is 15.3. The minimum atomic E-state index is -0.187. The number of halogens is 2. The molecule has 0 heterocycles. The molecule has 0 bridgehead atoms. The van der Waals surface area contributed by atoms with E-state index in [2.05, 4.69) is 21.4 Å². The summed E-state index contributed by atoms with van der Waals surface area (Å²) < 4.78 is 6.57. The normalized spacial score (nSPS) is 12.2. The van der Waals surface area contributed by atoms with Crippen LogP contribution in [0.3, 0.4) is 0 Å². The first-order valence-corrected chi connectivity index (χ1v) is 7.46. The van der Waals surface area contributed by atoms with Crippen LogP contribution in [0.15, 0.2) is 46.9 Å². The summed E-state index contributed by atoms with van der Waals surface area (Å²) in [5, 5.41) is 0.656. The van der Waals surface area contributed by atoms with E-state index in [4.69, 9.17) is 22.2 Å². The Bertz CT molecular complexity index is 572. The summed E-state index contributed by atoms with van der Waals surface area (Å²) in [6, 6.07) is 13.4. The summed E-state index contributed by atoms with van der Waals surface area (Å²) in [6.45, 7) is 2.56. The lowest BCUT2D eigenvalue weighted by molar-refractivity contribution is 0.333. The predicted octanol–water partition coefficient (Wildman–Crippen LogP) is 4.05. The number of hydrogen-bond acceptors (Lipinski definition) is 3. The Kier molecular flexibility index (Phi) is 5.43. The number of benzene rings is 2. The molecule has 20 heavy (non-hydrogen) atoms. The molecule has 0 aliphatic heterocycles. The third kappa shape index (κ3) is 3.52. The van der Waals surface area contributed by atoms with Gasteiger partial charge in [0.05, 0.1) is 12.6 Å².